The van der Waals surface area contributed by atoms with Crippen LogP contribution in [0.3, 0.4) is 0 Å². The first-order valence-electron chi connectivity index (χ1n) is 5.50. The molecule has 1 atom stereocenters. The molecule has 1 unspecified atom stereocenters. The van der Waals surface area contributed by atoms with Crippen molar-refractivity contribution >= 4 is 5.69 Å². The molecule has 0 saturated carbocycles. The van der Waals surface area contributed by atoms with Crippen LogP contribution < -0.4 is 5.32 Å². The molecule has 1 aliphatic heterocycles. The van der Waals surface area contributed by atoms with Crippen LogP contribution in [0.25, 0.3) is 0 Å². The predicted molar refractivity (Wildman–Crippen MR) is 63.4 cm³/mol. The van der Waals surface area contributed by atoms with Crippen LogP contribution in [0.4, 0.5) is 5.69 Å². The highest BCUT2D eigenvalue weighted by Crippen LogP contribution is 2.26. The van der Waals surface area contributed by atoms with E-state index in [1.54, 1.807) is 0 Å². The van der Waals surface area contributed by atoms with Gasteiger partial charge in [0.2, 0.25) is 0 Å². The molecule has 1 saturated heterocycles. The number of ether oxygens (including phenoxy) is 1. The van der Waals surface area contributed by atoms with E-state index >= 15 is 0 Å². The molecule has 3 nitrogen and oxygen atoms in total. The number of benzene rings is 1. The molecule has 1 aromatic rings. The summed E-state index contributed by atoms with van der Waals surface area (Å²) in [7, 11) is 0. The van der Waals surface area contributed by atoms with Crippen LogP contribution in [0.5, 0.6) is 0 Å². The van der Waals surface area contributed by atoms with Crippen molar-refractivity contribution in [1.29, 1.82) is 5.26 Å². The SMILES string of the molecule is Cc1ccc(NC2(C)CCOC2)c(C#N)c1. The molecular formula is C13H16N2O. The predicted octanol–water partition coefficient (Wildman–Crippen LogP) is 2.46. The number of hydrogen-bond donors (Lipinski definition) is 1. The minimum Gasteiger partial charge on any atom is -0.379 e. The van der Waals surface area contributed by atoms with E-state index in [4.69, 9.17) is 10.00 Å². The highest BCUT2D eigenvalue weighted by Gasteiger charge is 2.29. The Hall–Kier alpha value is -1.53. The van der Waals surface area contributed by atoms with Gasteiger partial charge in [0, 0.05) is 6.61 Å². The summed E-state index contributed by atoms with van der Waals surface area (Å²) in [6, 6.07) is 8.11. The Morgan fingerprint density at radius 3 is 2.94 bits per heavy atom. The quantitative estimate of drug-likeness (QED) is 0.826. The van der Waals surface area contributed by atoms with Gasteiger partial charge in [-0.1, -0.05) is 6.07 Å². The van der Waals surface area contributed by atoms with Crippen LogP contribution in [-0.4, -0.2) is 18.8 Å². The van der Waals surface area contributed by atoms with Gasteiger partial charge in [-0.3, -0.25) is 0 Å². The molecule has 0 spiro atoms. The molecule has 1 fully saturated rings. The van der Waals surface area contributed by atoms with E-state index in [0.717, 1.165) is 24.3 Å². The molecule has 0 bridgehead atoms. The third-order valence-corrected chi connectivity index (χ3v) is 2.95. The standard InChI is InChI=1S/C13H16N2O/c1-10-3-4-12(11(7-10)8-14)15-13(2)5-6-16-9-13/h3-4,7,15H,5-6,9H2,1-2H3. The number of rotatable bonds is 2. The molecular weight excluding hydrogens is 200 g/mol. The fraction of sp³-hybridized carbons (Fsp3) is 0.462. The number of nitrogens with one attached hydrogen (secondary N) is 1. The normalized spacial score (nSPS) is 24.1. The first kappa shape index (κ1) is 11.0. The van der Waals surface area contributed by atoms with E-state index in [9.17, 15) is 0 Å². The number of anilines is 1. The lowest BCUT2D eigenvalue weighted by Gasteiger charge is -2.25. The van der Waals surface area contributed by atoms with Crippen molar-refractivity contribution < 1.29 is 4.74 Å². The molecule has 1 aromatic carbocycles. The van der Waals surface area contributed by atoms with Crippen molar-refractivity contribution in [3.8, 4) is 6.07 Å². The maximum atomic E-state index is 9.08. The fourth-order valence-corrected chi connectivity index (χ4v) is 1.95. The van der Waals surface area contributed by atoms with Gasteiger partial charge in [0.05, 0.1) is 23.4 Å². The molecule has 0 aliphatic carbocycles. The van der Waals surface area contributed by atoms with E-state index in [0.29, 0.717) is 12.2 Å². The fourth-order valence-electron chi connectivity index (χ4n) is 1.95. The Balaban J connectivity index is 2.24. The van der Waals surface area contributed by atoms with Gasteiger partial charge in [0.25, 0.3) is 0 Å². The number of nitrogens with zero attached hydrogens (tertiary/aromatic N) is 1. The van der Waals surface area contributed by atoms with Crippen LogP contribution in [0.1, 0.15) is 24.5 Å². The molecule has 3 heteroatoms. The van der Waals surface area contributed by atoms with Gasteiger partial charge < -0.3 is 10.1 Å². The van der Waals surface area contributed by atoms with Crippen molar-refractivity contribution in [2.45, 2.75) is 25.8 Å². The summed E-state index contributed by atoms with van der Waals surface area (Å²) in [4.78, 5) is 0. The zero-order valence-electron chi connectivity index (χ0n) is 9.71. The third-order valence-electron chi connectivity index (χ3n) is 2.95. The van der Waals surface area contributed by atoms with Crippen molar-refractivity contribution in [2.75, 3.05) is 18.5 Å². The second-order valence-electron chi connectivity index (χ2n) is 4.65. The monoisotopic (exact) mass is 216 g/mol. The van der Waals surface area contributed by atoms with Gasteiger partial charge in [0.15, 0.2) is 0 Å². The molecule has 2 rings (SSSR count). The second kappa shape index (κ2) is 4.15. The topological polar surface area (TPSA) is 45.0 Å². The molecule has 84 valence electrons. The Morgan fingerprint density at radius 1 is 1.50 bits per heavy atom. The number of nitriles is 1. The maximum Gasteiger partial charge on any atom is 0.101 e. The van der Waals surface area contributed by atoms with Crippen LogP contribution >= 0.6 is 0 Å². The van der Waals surface area contributed by atoms with Crippen LogP contribution in [0.15, 0.2) is 18.2 Å². The Bertz CT molecular complexity index is 428. The summed E-state index contributed by atoms with van der Waals surface area (Å²) in [5.74, 6) is 0. The third kappa shape index (κ3) is 2.17. The Kier molecular flexibility index (Phi) is 2.84. The molecule has 1 N–H and O–H groups in total. The van der Waals surface area contributed by atoms with Crippen molar-refractivity contribution in [1.82, 2.24) is 0 Å². The van der Waals surface area contributed by atoms with Gasteiger partial charge in [-0.15, -0.1) is 0 Å². The number of hydrogen-bond acceptors (Lipinski definition) is 3. The summed E-state index contributed by atoms with van der Waals surface area (Å²) in [6.07, 6.45) is 0.978. The smallest absolute Gasteiger partial charge is 0.101 e. The molecule has 0 amide bonds. The first-order valence-corrected chi connectivity index (χ1v) is 5.50. The molecule has 1 aliphatic rings. The average molecular weight is 216 g/mol. The van der Waals surface area contributed by atoms with Crippen molar-refractivity contribution in [2.24, 2.45) is 0 Å². The molecule has 0 radical (unpaired) electrons. The first-order chi connectivity index (χ1) is 7.63. The molecule has 0 aromatic heterocycles. The molecule has 16 heavy (non-hydrogen) atoms. The van der Waals surface area contributed by atoms with Gasteiger partial charge in [0.1, 0.15) is 6.07 Å². The van der Waals surface area contributed by atoms with Gasteiger partial charge >= 0.3 is 0 Å². The van der Waals surface area contributed by atoms with E-state index in [1.807, 2.05) is 25.1 Å². The highest BCUT2D eigenvalue weighted by atomic mass is 16.5. The van der Waals surface area contributed by atoms with Crippen LogP contribution in [0, 0.1) is 18.3 Å². The zero-order valence-corrected chi connectivity index (χ0v) is 9.71. The van der Waals surface area contributed by atoms with Crippen molar-refractivity contribution in [3.05, 3.63) is 29.3 Å². The van der Waals surface area contributed by atoms with E-state index in [2.05, 4.69) is 18.3 Å². The van der Waals surface area contributed by atoms with E-state index in [1.165, 1.54) is 0 Å². The zero-order chi connectivity index (χ0) is 11.6. The van der Waals surface area contributed by atoms with E-state index < -0.39 is 0 Å². The summed E-state index contributed by atoms with van der Waals surface area (Å²) < 4.78 is 5.38. The summed E-state index contributed by atoms with van der Waals surface area (Å²) in [6.45, 7) is 5.61. The van der Waals surface area contributed by atoms with Crippen LogP contribution in [-0.2, 0) is 4.74 Å². The van der Waals surface area contributed by atoms with E-state index in [-0.39, 0.29) is 5.54 Å². The lowest BCUT2D eigenvalue weighted by atomic mass is 10.00. The lowest BCUT2D eigenvalue weighted by molar-refractivity contribution is 0.185. The Morgan fingerprint density at radius 2 is 2.31 bits per heavy atom. The van der Waals surface area contributed by atoms with Crippen molar-refractivity contribution in [3.63, 3.8) is 0 Å². The minimum atomic E-state index is -0.0408. The van der Waals surface area contributed by atoms with Crippen LogP contribution in [0.2, 0.25) is 0 Å². The number of aryl methyl sites for hydroxylation is 1. The summed E-state index contributed by atoms with van der Waals surface area (Å²) in [5, 5.41) is 12.5. The van der Waals surface area contributed by atoms with Gasteiger partial charge in [-0.05, 0) is 38.0 Å². The van der Waals surface area contributed by atoms with Gasteiger partial charge in [-0.2, -0.15) is 5.26 Å². The summed E-state index contributed by atoms with van der Waals surface area (Å²) in [5.41, 5.74) is 2.67. The molecule has 1 heterocycles. The highest BCUT2D eigenvalue weighted by molar-refractivity contribution is 5.59. The maximum absolute atomic E-state index is 9.08. The second-order valence-corrected chi connectivity index (χ2v) is 4.65. The lowest BCUT2D eigenvalue weighted by Crippen LogP contribution is -2.35. The van der Waals surface area contributed by atoms with Gasteiger partial charge in [-0.25, -0.2) is 0 Å². The average Bonchev–Trinajstić information content (AvgIpc) is 2.68. The minimum absolute atomic E-state index is 0.0408. The Labute approximate surface area is 96.0 Å². The summed E-state index contributed by atoms with van der Waals surface area (Å²) >= 11 is 0. The largest absolute Gasteiger partial charge is 0.379 e.